The monoisotopic (exact) mass is 213 g/mol. The average molecular weight is 213 g/mol. The summed E-state index contributed by atoms with van der Waals surface area (Å²) >= 11 is 0. The number of hydrogen-bond donors (Lipinski definition) is 1. The van der Waals surface area contributed by atoms with Crippen molar-refractivity contribution < 1.29 is 9.47 Å². The standard InChI is InChI=1S/C12H23NO2/c1-10(11-3-6-14-7-4-11)13-12(2)5-8-15-9-12/h10-11,13H,3-9H2,1-2H3. The summed E-state index contributed by atoms with van der Waals surface area (Å²) in [7, 11) is 0. The number of hydrogen-bond acceptors (Lipinski definition) is 3. The van der Waals surface area contributed by atoms with Gasteiger partial charge in [0.1, 0.15) is 0 Å². The molecule has 0 saturated carbocycles. The highest BCUT2D eigenvalue weighted by Gasteiger charge is 2.33. The van der Waals surface area contributed by atoms with E-state index in [-0.39, 0.29) is 5.54 Å². The molecule has 0 aromatic rings. The van der Waals surface area contributed by atoms with E-state index in [1.54, 1.807) is 0 Å². The van der Waals surface area contributed by atoms with Gasteiger partial charge in [0.05, 0.1) is 6.61 Å². The van der Waals surface area contributed by atoms with Crippen molar-refractivity contribution in [3.8, 4) is 0 Å². The Morgan fingerprint density at radius 3 is 2.53 bits per heavy atom. The van der Waals surface area contributed by atoms with Crippen molar-refractivity contribution >= 4 is 0 Å². The van der Waals surface area contributed by atoms with Crippen LogP contribution < -0.4 is 5.32 Å². The lowest BCUT2D eigenvalue weighted by Gasteiger charge is -2.34. The van der Waals surface area contributed by atoms with Crippen LogP contribution in [-0.4, -0.2) is 38.0 Å². The molecular weight excluding hydrogens is 190 g/mol. The zero-order valence-corrected chi connectivity index (χ0v) is 9.92. The van der Waals surface area contributed by atoms with Gasteiger partial charge in [0.15, 0.2) is 0 Å². The highest BCUT2D eigenvalue weighted by atomic mass is 16.5. The van der Waals surface area contributed by atoms with Gasteiger partial charge in [-0.2, -0.15) is 0 Å². The fourth-order valence-corrected chi connectivity index (χ4v) is 2.66. The second kappa shape index (κ2) is 4.81. The second-order valence-electron chi connectivity index (χ2n) is 5.25. The summed E-state index contributed by atoms with van der Waals surface area (Å²) in [6, 6.07) is 0.584. The van der Waals surface area contributed by atoms with E-state index in [0.29, 0.717) is 6.04 Å². The van der Waals surface area contributed by atoms with E-state index >= 15 is 0 Å². The first-order chi connectivity index (χ1) is 7.20. The van der Waals surface area contributed by atoms with Crippen molar-refractivity contribution in [1.82, 2.24) is 5.32 Å². The predicted molar refractivity (Wildman–Crippen MR) is 60.0 cm³/mol. The molecule has 0 spiro atoms. The molecule has 88 valence electrons. The van der Waals surface area contributed by atoms with Crippen LogP contribution in [0.3, 0.4) is 0 Å². The molecule has 0 amide bonds. The first-order valence-corrected chi connectivity index (χ1v) is 6.13. The van der Waals surface area contributed by atoms with Crippen LogP contribution in [0.1, 0.15) is 33.1 Å². The summed E-state index contributed by atoms with van der Waals surface area (Å²) in [4.78, 5) is 0. The lowest BCUT2D eigenvalue weighted by Crippen LogP contribution is -2.50. The number of ether oxygens (including phenoxy) is 2. The van der Waals surface area contributed by atoms with E-state index in [4.69, 9.17) is 9.47 Å². The SMILES string of the molecule is CC(NC1(C)CCOC1)C1CCOCC1. The van der Waals surface area contributed by atoms with Gasteiger partial charge in [0.25, 0.3) is 0 Å². The Morgan fingerprint density at radius 1 is 1.20 bits per heavy atom. The fourth-order valence-electron chi connectivity index (χ4n) is 2.66. The molecule has 2 saturated heterocycles. The highest BCUT2D eigenvalue weighted by molar-refractivity contribution is 4.90. The minimum Gasteiger partial charge on any atom is -0.381 e. The minimum atomic E-state index is 0.206. The summed E-state index contributed by atoms with van der Waals surface area (Å²) < 4.78 is 10.9. The summed E-state index contributed by atoms with van der Waals surface area (Å²) in [5.74, 6) is 0.774. The normalized spacial score (nSPS) is 35.6. The van der Waals surface area contributed by atoms with Crippen LogP contribution in [0.4, 0.5) is 0 Å². The second-order valence-corrected chi connectivity index (χ2v) is 5.25. The molecular formula is C12H23NO2. The van der Waals surface area contributed by atoms with Gasteiger partial charge < -0.3 is 14.8 Å². The topological polar surface area (TPSA) is 30.5 Å². The third-order valence-corrected chi connectivity index (χ3v) is 3.77. The molecule has 0 radical (unpaired) electrons. The molecule has 2 fully saturated rings. The maximum Gasteiger partial charge on any atom is 0.0646 e. The summed E-state index contributed by atoms with van der Waals surface area (Å²) in [5, 5.41) is 3.74. The molecule has 2 rings (SSSR count). The van der Waals surface area contributed by atoms with Crippen LogP contribution in [0, 0.1) is 5.92 Å². The van der Waals surface area contributed by atoms with Crippen LogP contribution in [0.15, 0.2) is 0 Å². The van der Waals surface area contributed by atoms with Gasteiger partial charge >= 0.3 is 0 Å². The highest BCUT2D eigenvalue weighted by Crippen LogP contribution is 2.24. The van der Waals surface area contributed by atoms with E-state index in [1.807, 2.05) is 0 Å². The van der Waals surface area contributed by atoms with Crippen LogP contribution in [0.2, 0.25) is 0 Å². The van der Waals surface area contributed by atoms with Crippen LogP contribution in [0.5, 0.6) is 0 Å². The summed E-state index contributed by atoms with van der Waals surface area (Å²) in [6.07, 6.45) is 3.54. The lowest BCUT2D eigenvalue weighted by atomic mass is 9.90. The number of rotatable bonds is 3. The van der Waals surface area contributed by atoms with Crippen LogP contribution in [0.25, 0.3) is 0 Å². The molecule has 3 heteroatoms. The fraction of sp³-hybridized carbons (Fsp3) is 1.00. The van der Waals surface area contributed by atoms with E-state index in [9.17, 15) is 0 Å². The first-order valence-electron chi connectivity index (χ1n) is 6.13. The van der Waals surface area contributed by atoms with Gasteiger partial charge in [-0.05, 0) is 39.0 Å². The average Bonchev–Trinajstić information content (AvgIpc) is 2.66. The molecule has 3 nitrogen and oxygen atoms in total. The maximum atomic E-state index is 5.46. The Bertz CT molecular complexity index is 196. The maximum absolute atomic E-state index is 5.46. The first kappa shape index (κ1) is 11.4. The quantitative estimate of drug-likeness (QED) is 0.772. The van der Waals surface area contributed by atoms with Crippen LogP contribution in [-0.2, 0) is 9.47 Å². The van der Waals surface area contributed by atoms with Gasteiger partial charge in [-0.25, -0.2) is 0 Å². The molecule has 15 heavy (non-hydrogen) atoms. The third-order valence-electron chi connectivity index (χ3n) is 3.77. The van der Waals surface area contributed by atoms with Crippen molar-refractivity contribution in [2.24, 2.45) is 5.92 Å². The molecule has 0 aromatic heterocycles. The van der Waals surface area contributed by atoms with E-state index in [1.165, 1.54) is 12.8 Å². The van der Waals surface area contributed by atoms with Gasteiger partial charge in [-0.1, -0.05) is 0 Å². The van der Waals surface area contributed by atoms with Crippen molar-refractivity contribution in [3.63, 3.8) is 0 Å². The van der Waals surface area contributed by atoms with E-state index in [2.05, 4.69) is 19.2 Å². The molecule has 0 aromatic carbocycles. The third kappa shape index (κ3) is 2.92. The molecule has 2 heterocycles. The molecule has 1 N–H and O–H groups in total. The number of nitrogens with one attached hydrogen (secondary N) is 1. The Hall–Kier alpha value is -0.120. The van der Waals surface area contributed by atoms with Gasteiger partial charge in [0.2, 0.25) is 0 Å². The lowest BCUT2D eigenvalue weighted by molar-refractivity contribution is 0.0504. The summed E-state index contributed by atoms with van der Waals surface area (Å²) in [6.45, 7) is 8.22. The minimum absolute atomic E-state index is 0.206. The molecule has 2 unspecified atom stereocenters. The van der Waals surface area contributed by atoms with Gasteiger partial charge in [0, 0.05) is 31.4 Å². The Labute approximate surface area is 92.5 Å². The van der Waals surface area contributed by atoms with Crippen molar-refractivity contribution in [3.05, 3.63) is 0 Å². The van der Waals surface area contributed by atoms with E-state index < -0.39 is 0 Å². The molecule has 0 bridgehead atoms. The predicted octanol–water partition coefficient (Wildman–Crippen LogP) is 1.57. The summed E-state index contributed by atoms with van der Waals surface area (Å²) in [5.41, 5.74) is 0.206. The zero-order chi connectivity index (χ0) is 10.7. The van der Waals surface area contributed by atoms with Crippen molar-refractivity contribution in [2.45, 2.75) is 44.7 Å². The largest absolute Gasteiger partial charge is 0.381 e. The zero-order valence-electron chi connectivity index (χ0n) is 9.92. The smallest absolute Gasteiger partial charge is 0.0646 e. The molecule has 2 atom stereocenters. The molecule has 2 aliphatic rings. The van der Waals surface area contributed by atoms with Crippen molar-refractivity contribution in [2.75, 3.05) is 26.4 Å². The van der Waals surface area contributed by atoms with Crippen LogP contribution >= 0.6 is 0 Å². The van der Waals surface area contributed by atoms with E-state index in [0.717, 1.165) is 38.8 Å². The van der Waals surface area contributed by atoms with Gasteiger partial charge in [-0.15, -0.1) is 0 Å². The molecule has 2 aliphatic heterocycles. The Kier molecular flexibility index (Phi) is 3.65. The Balaban J connectivity index is 1.82. The van der Waals surface area contributed by atoms with Crippen molar-refractivity contribution in [1.29, 1.82) is 0 Å². The van der Waals surface area contributed by atoms with Gasteiger partial charge in [-0.3, -0.25) is 0 Å². The molecule has 0 aliphatic carbocycles. The Morgan fingerprint density at radius 2 is 1.93 bits per heavy atom.